The molecule has 3 aliphatic carbocycles. The number of hydrogen-bond donors (Lipinski definition) is 1. The second kappa shape index (κ2) is 11.2. The SMILES string of the molecule is COCCOCCOCCNC1CCC2=CC3=CC[C@]4(C)C(c5ccc6ccncc6c5)CC[C@H]4[C@@]34CC[C@]2(C1)O4. The van der Waals surface area contributed by atoms with Crippen molar-refractivity contribution in [3.8, 4) is 0 Å². The number of rotatable bonds is 11. The number of methoxy groups -OCH3 is 1. The first-order valence-electron chi connectivity index (χ1n) is 15.9. The van der Waals surface area contributed by atoms with E-state index in [4.69, 9.17) is 18.9 Å². The van der Waals surface area contributed by atoms with Gasteiger partial charge in [0.1, 0.15) is 0 Å². The maximum Gasteiger partial charge on any atom is 0.0974 e. The summed E-state index contributed by atoms with van der Waals surface area (Å²) in [5, 5.41) is 6.33. The van der Waals surface area contributed by atoms with Crippen molar-refractivity contribution in [2.24, 2.45) is 11.3 Å². The molecule has 7 rings (SSSR count). The number of fused-ring (bicyclic) bond motifs is 2. The first kappa shape index (κ1) is 27.7. The van der Waals surface area contributed by atoms with Crippen LogP contribution in [0.3, 0.4) is 0 Å². The van der Waals surface area contributed by atoms with E-state index in [0.29, 0.717) is 50.9 Å². The Morgan fingerprint density at radius 2 is 1.88 bits per heavy atom. The Bertz CT molecular complexity index is 1320. The van der Waals surface area contributed by atoms with E-state index in [1.165, 1.54) is 41.2 Å². The van der Waals surface area contributed by atoms with Crippen molar-refractivity contribution in [3.63, 3.8) is 0 Å². The third kappa shape index (κ3) is 4.80. The molecular weight excluding hydrogens is 512 g/mol. The predicted molar refractivity (Wildman–Crippen MR) is 161 cm³/mol. The van der Waals surface area contributed by atoms with Gasteiger partial charge in [-0.05, 0) is 103 Å². The molecule has 2 saturated carbocycles. The van der Waals surface area contributed by atoms with Crippen LogP contribution < -0.4 is 5.32 Å². The highest BCUT2D eigenvalue weighted by Crippen LogP contribution is 2.69. The van der Waals surface area contributed by atoms with Crippen LogP contribution in [0.5, 0.6) is 0 Å². The average Bonchev–Trinajstić information content (AvgIpc) is 3.51. The lowest BCUT2D eigenvalue weighted by Gasteiger charge is -2.54. The van der Waals surface area contributed by atoms with E-state index in [0.717, 1.165) is 38.6 Å². The molecule has 2 aromatic rings. The number of ether oxygens (including phenoxy) is 4. The lowest BCUT2D eigenvalue weighted by atomic mass is 9.58. The molecule has 5 aliphatic rings. The summed E-state index contributed by atoms with van der Waals surface area (Å²) in [7, 11) is 1.69. The van der Waals surface area contributed by atoms with Crippen molar-refractivity contribution < 1.29 is 18.9 Å². The molecule has 1 aromatic carbocycles. The van der Waals surface area contributed by atoms with Gasteiger partial charge in [-0.1, -0.05) is 31.2 Å². The fourth-order valence-electron chi connectivity index (χ4n) is 9.25. The molecule has 41 heavy (non-hydrogen) atoms. The Morgan fingerprint density at radius 1 is 1.00 bits per heavy atom. The zero-order valence-electron chi connectivity index (χ0n) is 24.8. The van der Waals surface area contributed by atoms with Crippen molar-refractivity contribution in [2.75, 3.05) is 46.7 Å². The summed E-state index contributed by atoms with van der Waals surface area (Å²) in [5.41, 5.74) is 4.55. The molecule has 3 heterocycles. The normalized spacial score (nSPS) is 35.5. The van der Waals surface area contributed by atoms with Crippen LogP contribution in [0.2, 0.25) is 0 Å². The molecule has 1 saturated heterocycles. The quantitative estimate of drug-likeness (QED) is 0.336. The van der Waals surface area contributed by atoms with E-state index in [2.05, 4.69) is 53.6 Å². The molecule has 6 heteroatoms. The van der Waals surface area contributed by atoms with Crippen LogP contribution >= 0.6 is 0 Å². The van der Waals surface area contributed by atoms with E-state index < -0.39 is 0 Å². The van der Waals surface area contributed by atoms with Gasteiger partial charge in [0.2, 0.25) is 0 Å². The highest BCUT2D eigenvalue weighted by atomic mass is 16.5. The van der Waals surface area contributed by atoms with Crippen LogP contribution in [0.1, 0.15) is 69.8 Å². The monoisotopic (exact) mass is 558 g/mol. The Kier molecular flexibility index (Phi) is 7.57. The van der Waals surface area contributed by atoms with E-state index in [9.17, 15) is 0 Å². The minimum Gasteiger partial charge on any atom is -0.382 e. The Balaban J connectivity index is 1.02. The summed E-state index contributed by atoms with van der Waals surface area (Å²) < 4.78 is 23.8. The zero-order chi connectivity index (χ0) is 27.9. The highest BCUT2D eigenvalue weighted by molar-refractivity contribution is 5.82. The van der Waals surface area contributed by atoms with Gasteiger partial charge in [0, 0.05) is 37.5 Å². The molecule has 6 atom stereocenters. The maximum absolute atomic E-state index is 7.49. The molecule has 2 bridgehead atoms. The minimum atomic E-state index is -0.114. The number of aromatic nitrogens is 1. The van der Waals surface area contributed by atoms with Gasteiger partial charge in [0.05, 0.1) is 44.2 Å². The standard InChI is InChI=1S/C35H46N2O4/c1-33-11-9-29-22-28-5-6-30(37-15-16-39-19-20-40-18-17-38-2)23-34(28)12-13-35(29,41-34)32(33)8-7-31(33)26-4-3-25-10-14-36-24-27(25)21-26/h3-4,9-10,14,21-22,24,30-32,37H,5-8,11-13,15-20,23H2,1-2H3/t30?,31?,32-,33-,34-,35-/m1/s1. The van der Waals surface area contributed by atoms with Crippen molar-refractivity contribution >= 4 is 10.8 Å². The van der Waals surface area contributed by atoms with Crippen LogP contribution in [0, 0.1) is 11.3 Å². The summed E-state index contributed by atoms with van der Waals surface area (Å²) in [6, 6.07) is 9.67. The third-order valence-corrected chi connectivity index (χ3v) is 11.2. The Morgan fingerprint density at radius 3 is 2.78 bits per heavy atom. The van der Waals surface area contributed by atoms with Gasteiger partial charge in [0.25, 0.3) is 0 Å². The van der Waals surface area contributed by atoms with Crippen molar-refractivity contribution in [1.29, 1.82) is 0 Å². The molecule has 2 unspecified atom stereocenters. The molecular formula is C35H46N2O4. The minimum absolute atomic E-state index is 0.0890. The van der Waals surface area contributed by atoms with Gasteiger partial charge in [-0.25, -0.2) is 0 Å². The third-order valence-electron chi connectivity index (χ3n) is 11.2. The summed E-state index contributed by atoms with van der Waals surface area (Å²) in [5.74, 6) is 1.12. The molecule has 0 radical (unpaired) electrons. The molecule has 1 N–H and O–H groups in total. The fraction of sp³-hybridized carbons (Fsp3) is 0.629. The second-order valence-electron chi connectivity index (χ2n) is 13.3. The van der Waals surface area contributed by atoms with Gasteiger partial charge < -0.3 is 24.3 Å². The van der Waals surface area contributed by atoms with Crippen LogP contribution in [-0.4, -0.2) is 68.9 Å². The van der Waals surface area contributed by atoms with E-state index in [1.54, 1.807) is 12.7 Å². The Labute approximate surface area is 244 Å². The zero-order valence-corrected chi connectivity index (χ0v) is 24.8. The fourth-order valence-corrected chi connectivity index (χ4v) is 9.25. The van der Waals surface area contributed by atoms with Gasteiger partial charge in [-0.3, -0.25) is 4.98 Å². The average molecular weight is 559 g/mol. The summed E-state index contributed by atoms with van der Waals surface area (Å²) in [4.78, 5) is 4.39. The maximum atomic E-state index is 7.49. The number of allylic oxidation sites excluding steroid dienone is 1. The molecule has 0 amide bonds. The Hall–Kier alpha value is -2.09. The molecule has 2 spiro atoms. The number of pyridine rings is 1. The van der Waals surface area contributed by atoms with E-state index >= 15 is 0 Å². The topological polar surface area (TPSA) is 61.8 Å². The van der Waals surface area contributed by atoms with E-state index in [1.807, 2.05) is 12.4 Å². The lowest BCUT2D eigenvalue weighted by Crippen LogP contribution is -2.55. The van der Waals surface area contributed by atoms with Gasteiger partial charge in [0.15, 0.2) is 0 Å². The number of nitrogens with one attached hydrogen (secondary N) is 1. The van der Waals surface area contributed by atoms with Crippen molar-refractivity contribution in [2.45, 2.75) is 81.5 Å². The van der Waals surface area contributed by atoms with Crippen LogP contribution in [0.15, 0.2) is 60.0 Å². The summed E-state index contributed by atoms with van der Waals surface area (Å²) in [6.45, 7) is 6.65. The first-order valence-corrected chi connectivity index (χ1v) is 15.9. The summed E-state index contributed by atoms with van der Waals surface area (Å²) in [6.07, 6.45) is 18.4. The summed E-state index contributed by atoms with van der Waals surface area (Å²) >= 11 is 0. The largest absolute Gasteiger partial charge is 0.382 e. The molecule has 220 valence electrons. The number of hydrogen-bond acceptors (Lipinski definition) is 6. The predicted octanol–water partition coefficient (Wildman–Crippen LogP) is 6.11. The van der Waals surface area contributed by atoms with Crippen LogP contribution in [0.4, 0.5) is 0 Å². The first-order chi connectivity index (χ1) is 20.1. The van der Waals surface area contributed by atoms with Crippen molar-refractivity contribution in [1.82, 2.24) is 10.3 Å². The van der Waals surface area contributed by atoms with Gasteiger partial charge in [-0.2, -0.15) is 0 Å². The molecule has 6 nitrogen and oxygen atoms in total. The van der Waals surface area contributed by atoms with Crippen molar-refractivity contribution in [3.05, 3.63) is 65.5 Å². The smallest absolute Gasteiger partial charge is 0.0974 e. The number of benzene rings is 1. The van der Waals surface area contributed by atoms with Crippen LogP contribution in [0.25, 0.3) is 10.8 Å². The highest BCUT2D eigenvalue weighted by Gasteiger charge is 2.66. The molecule has 3 fully saturated rings. The van der Waals surface area contributed by atoms with Gasteiger partial charge in [-0.15, -0.1) is 0 Å². The van der Waals surface area contributed by atoms with E-state index in [-0.39, 0.29) is 16.6 Å². The lowest BCUT2D eigenvalue weighted by molar-refractivity contribution is -0.136. The molecule has 1 aromatic heterocycles. The van der Waals surface area contributed by atoms with Crippen LogP contribution in [-0.2, 0) is 18.9 Å². The number of nitrogens with zero attached hydrogens (tertiary/aromatic N) is 1. The molecule has 2 aliphatic heterocycles. The van der Waals surface area contributed by atoms with Gasteiger partial charge >= 0.3 is 0 Å². The second-order valence-corrected chi connectivity index (χ2v) is 13.3.